The number of hydrogen-bond donors (Lipinski definition) is 1. The van der Waals surface area contributed by atoms with Crippen molar-refractivity contribution in [3.05, 3.63) is 149 Å². The normalized spacial score (nSPS) is 11.0. The van der Waals surface area contributed by atoms with Gasteiger partial charge in [-0.05, 0) is 92.6 Å². The highest BCUT2D eigenvalue weighted by atomic mass is 16.6. The lowest BCUT2D eigenvalue weighted by Crippen LogP contribution is -2.37. The van der Waals surface area contributed by atoms with Gasteiger partial charge in [0.1, 0.15) is 24.6 Å². The summed E-state index contributed by atoms with van der Waals surface area (Å²) in [4.78, 5) is 32.6. The second kappa shape index (κ2) is 19.8. The number of carbonyl (C=O) groups excluding carboxylic acids is 2. The molecule has 0 saturated heterocycles. The molecule has 9 nitrogen and oxygen atoms in total. The molecular weight excluding hydrogens is 689 g/mol. The van der Waals surface area contributed by atoms with Crippen LogP contribution < -0.4 is 10.1 Å². The Bertz CT molecular complexity index is 2020. The molecule has 1 amide bonds. The lowest BCUT2D eigenvalue weighted by Gasteiger charge is -2.29. The Balaban J connectivity index is 1.31. The van der Waals surface area contributed by atoms with Gasteiger partial charge in [0.2, 0.25) is 0 Å². The van der Waals surface area contributed by atoms with E-state index in [0.717, 1.165) is 51.2 Å². The summed E-state index contributed by atoms with van der Waals surface area (Å²) >= 11 is 0. The predicted octanol–water partition coefficient (Wildman–Crippen LogP) is 10.2. The quantitative estimate of drug-likeness (QED) is 0.0741. The van der Waals surface area contributed by atoms with E-state index in [0.29, 0.717) is 50.3 Å². The van der Waals surface area contributed by atoms with E-state index < -0.39 is 11.7 Å². The van der Waals surface area contributed by atoms with E-state index in [2.05, 4.69) is 11.4 Å². The number of aryl methyl sites for hydroxylation is 1. The molecule has 0 fully saturated rings. The minimum Gasteiger partial charge on any atom is -0.487 e. The van der Waals surface area contributed by atoms with Gasteiger partial charge in [-0.3, -0.25) is 9.78 Å². The van der Waals surface area contributed by atoms with Gasteiger partial charge in [0, 0.05) is 37.0 Å². The first-order valence-corrected chi connectivity index (χ1v) is 18.7. The van der Waals surface area contributed by atoms with E-state index in [1.807, 2.05) is 143 Å². The van der Waals surface area contributed by atoms with E-state index in [1.54, 1.807) is 4.90 Å². The lowest BCUT2D eigenvalue weighted by atomic mass is 10.0. The van der Waals surface area contributed by atoms with Crippen LogP contribution in [0.15, 0.2) is 115 Å². The van der Waals surface area contributed by atoms with Crippen LogP contribution in [0.4, 0.5) is 10.5 Å². The smallest absolute Gasteiger partial charge is 0.410 e. The van der Waals surface area contributed by atoms with E-state index in [9.17, 15) is 9.59 Å². The molecule has 0 atom stereocenters. The van der Waals surface area contributed by atoms with Gasteiger partial charge in [-0.1, -0.05) is 91.3 Å². The Kier molecular flexibility index (Phi) is 14.4. The molecule has 9 heteroatoms. The first kappa shape index (κ1) is 40.1. The summed E-state index contributed by atoms with van der Waals surface area (Å²) in [5.74, 6) is 0.399. The van der Waals surface area contributed by atoms with Crippen molar-refractivity contribution < 1.29 is 23.8 Å². The van der Waals surface area contributed by atoms with E-state index >= 15 is 0 Å². The number of ether oxygens (including phenoxy) is 3. The minimum absolute atomic E-state index is 0.235. The third kappa shape index (κ3) is 12.7. The second-order valence-corrected chi connectivity index (χ2v) is 14.4. The summed E-state index contributed by atoms with van der Waals surface area (Å²) in [7, 11) is 0. The highest BCUT2D eigenvalue weighted by Crippen LogP contribution is 2.30. The number of esters is 1. The van der Waals surface area contributed by atoms with Gasteiger partial charge >= 0.3 is 12.1 Å². The largest absolute Gasteiger partial charge is 0.487 e. The van der Waals surface area contributed by atoms with Crippen LogP contribution in [0.5, 0.6) is 5.75 Å². The first-order chi connectivity index (χ1) is 26.6. The molecule has 4 aromatic carbocycles. The van der Waals surface area contributed by atoms with E-state index in [-0.39, 0.29) is 19.1 Å². The molecule has 0 spiro atoms. The van der Waals surface area contributed by atoms with Crippen molar-refractivity contribution in [1.82, 2.24) is 9.88 Å². The van der Waals surface area contributed by atoms with Gasteiger partial charge in [0.15, 0.2) is 0 Å². The fourth-order valence-corrected chi connectivity index (χ4v) is 5.95. The van der Waals surface area contributed by atoms with Gasteiger partial charge in [-0.15, -0.1) is 0 Å². The van der Waals surface area contributed by atoms with Crippen molar-refractivity contribution in [2.24, 2.45) is 0 Å². The molecule has 1 N–H and O–H groups in total. The summed E-state index contributed by atoms with van der Waals surface area (Å²) in [6.45, 7) is 9.20. The Morgan fingerprint density at radius 1 is 0.800 bits per heavy atom. The summed E-state index contributed by atoms with van der Waals surface area (Å²) in [5.41, 5.74) is 7.36. The molecule has 5 aromatic rings. The van der Waals surface area contributed by atoms with Crippen molar-refractivity contribution in [2.45, 2.75) is 85.3 Å². The Morgan fingerprint density at radius 3 is 2.04 bits per heavy atom. The molecule has 284 valence electrons. The molecule has 55 heavy (non-hydrogen) atoms. The summed E-state index contributed by atoms with van der Waals surface area (Å²) in [5, 5.41) is 12.7. The number of nitrogens with one attached hydrogen (secondary N) is 1. The molecule has 1 heterocycles. The molecule has 5 rings (SSSR count). The van der Waals surface area contributed by atoms with Gasteiger partial charge in [0.05, 0.1) is 23.9 Å². The number of nitrogens with zero attached hydrogens (tertiary/aromatic N) is 3. The van der Waals surface area contributed by atoms with E-state index in [4.69, 9.17) is 24.5 Å². The maximum Gasteiger partial charge on any atom is 0.410 e. The van der Waals surface area contributed by atoms with Gasteiger partial charge in [-0.25, -0.2) is 4.79 Å². The van der Waals surface area contributed by atoms with Crippen molar-refractivity contribution in [2.75, 3.05) is 11.9 Å². The predicted molar refractivity (Wildman–Crippen MR) is 215 cm³/mol. The van der Waals surface area contributed by atoms with Crippen molar-refractivity contribution in [3.8, 4) is 22.9 Å². The molecule has 0 unspecified atom stereocenters. The fraction of sp³-hybridized carbons (Fsp3) is 0.304. The van der Waals surface area contributed by atoms with Crippen LogP contribution in [0.3, 0.4) is 0 Å². The number of nitriles is 1. The number of carbonyl (C=O) groups is 2. The molecule has 0 radical (unpaired) electrons. The van der Waals surface area contributed by atoms with E-state index in [1.165, 1.54) is 0 Å². The van der Waals surface area contributed by atoms with Crippen LogP contribution in [0, 0.1) is 18.3 Å². The highest BCUT2D eigenvalue weighted by Gasteiger charge is 2.25. The number of aromatic nitrogens is 1. The van der Waals surface area contributed by atoms with Gasteiger partial charge < -0.3 is 24.4 Å². The van der Waals surface area contributed by atoms with Crippen LogP contribution in [0.1, 0.15) is 80.0 Å². The van der Waals surface area contributed by atoms with Crippen molar-refractivity contribution in [3.63, 3.8) is 0 Å². The number of pyridine rings is 1. The van der Waals surface area contributed by atoms with Crippen LogP contribution >= 0.6 is 0 Å². The van der Waals surface area contributed by atoms with Gasteiger partial charge in [-0.2, -0.15) is 5.26 Å². The molecular formula is C46H50N4O5. The fourth-order valence-electron chi connectivity index (χ4n) is 5.95. The van der Waals surface area contributed by atoms with Crippen molar-refractivity contribution >= 4 is 17.7 Å². The number of rotatable bonds is 17. The zero-order chi connectivity index (χ0) is 39.0. The van der Waals surface area contributed by atoms with Crippen LogP contribution in [-0.2, 0) is 40.6 Å². The topological polar surface area (TPSA) is 114 Å². The molecule has 0 bridgehead atoms. The molecule has 0 aliphatic carbocycles. The maximum absolute atomic E-state index is 13.7. The summed E-state index contributed by atoms with van der Waals surface area (Å²) in [6, 6.07) is 37.4. The third-order valence-electron chi connectivity index (χ3n) is 8.90. The zero-order valence-electron chi connectivity index (χ0n) is 32.2. The monoisotopic (exact) mass is 738 g/mol. The number of unbranched alkanes of at least 4 members (excludes halogenated alkanes) is 2. The Labute approximate surface area is 324 Å². The zero-order valence-corrected chi connectivity index (χ0v) is 32.2. The molecule has 0 saturated carbocycles. The number of hydrogen-bond acceptors (Lipinski definition) is 8. The summed E-state index contributed by atoms with van der Waals surface area (Å²) in [6.07, 6.45) is 3.79. The molecule has 1 aromatic heterocycles. The number of amides is 1. The standard InChI is InChI=1S/C46H50N4O5/c1-34-44(54-33-37-16-10-6-11-17-37)42(40(29-48-34)30-49-41-25-23-39(24-26-41)38-21-19-35(28-47)20-22-38)31-50(45(52)55-46(2,3)4)27-13-7-12-18-43(51)53-32-36-14-8-5-9-15-36/h5-6,8-11,14-17,19-26,29,49H,7,12-13,18,27,30-33H2,1-4H3. The SMILES string of the molecule is Cc1ncc(CNc2ccc(-c3ccc(C#N)cc3)cc2)c(CN(CCCCCC(=O)OCc2ccccc2)C(=O)OC(C)(C)C)c1OCc1ccccc1. The highest BCUT2D eigenvalue weighted by molar-refractivity contribution is 5.70. The van der Waals surface area contributed by atoms with Crippen LogP contribution in [0.2, 0.25) is 0 Å². The van der Waals surface area contributed by atoms with Crippen LogP contribution in [-0.4, -0.2) is 34.1 Å². The summed E-state index contributed by atoms with van der Waals surface area (Å²) < 4.78 is 17.8. The van der Waals surface area contributed by atoms with Crippen molar-refractivity contribution in [1.29, 1.82) is 5.26 Å². The molecule has 0 aliphatic rings. The average molecular weight is 739 g/mol. The third-order valence-corrected chi connectivity index (χ3v) is 8.90. The second-order valence-electron chi connectivity index (χ2n) is 14.4. The lowest BCUT2D eigenvalue weighted by molar-refractivity contribution is -0.145. The number of benzene rings is 4. The average Bonchev–Trinajstić information content (AvgIpc) is 3.19. The minimum atomic E-state index is -0.688. The Morgan fingerprint density at radius 2 is 1.42 bits per heavy atom. The first-order valence-electron chi connectivity index (χ1n) is 18.7. The Hall–Kier alpha value is -6.14. The van der Waals surface area contributed by atoms with Crippen LogP contribution in [0.25, 0.3) is 11.1 Å². The molecule has 0 aliphatic heterocycles. The maximum atomic E-state index is 13.7. The number of anilines is 1. The van der Waals surface area contributed by atoms with Gasteiger partial charge in [0.25, 0.3) is 0 Å².